The van der Waals surface area contributed by atoms with Crippen molar-refractivity contribution in [3.05, 3.63) is 69.2 Å². The smallest absolute Gasteiger partial charge is 0.141 e. The molecule has 0 N–H and O–H groups in total. The highest BCUT2D eigenvalue weighted by Gasteiger charge is 2.07. The Kier molecular flexibility index (Phi) is 4.56. The van der Waals surface area contributed by atoms with Gasteiger partial charge in [-0.2, -0.15) is 0 Å². The number of carbonyl (C=O) groups excluding carboxylic acids is 1. The third-order valence-electron chi connectivity index (χ3n) is 2.66. The number of carbonyl (C=O) groups is 1. The molecular weight excluding hydrogens is 312 g/mol. The molecule has 92 valence electrons. The fourth-order valence-corrected chi connectivity index (χ4v) is 2.30. The zero-order valence-corrected chi connectivity index (χ0v) is 12.0. The number of hydrogen-bond acceptors (Lipinski definition) is 1. The van der Waals surface area contributed by atoms with Gasteiger partial charge in [-0.25, -0.2) is 0 Å². The molecule has 0 amide bonds. The van der Waals surface area contributed by atoms with Gasteiger partial charge in [0.2, 0.25) is 0 Å². The molecule has 0 aliphatic rings. The lowest BCUT2D eigenvalue weighted by Crippen LogP contribution is -2.06. The third kappa shape index (κ3) is 3.69. The molecule has 0 saturated heterocycles. The van der Waals surface area contributed by atoms with Gasteiger partial charge in [0.25, 0.3) is 0 Å². The maximum absolute atomic E-state index is 12.0. The van der Waals surface area contributed by atoms with E-state index < -0.39 is 0 Å². The Morgan fingerprint density at radius 3 is 2.33 bits per heavy atom. The van der Waals surface area contributed by atoms with Gasteiger partial charge in [-0.1, -0.05) is 57.9 Å². The molecule has 0 fully saturated rings. The van der Waals surface area contributed by atoms with E-state index in [1.807, 2.05) is 48.5 Å². The molecule has 0 atom stereocenters. The van der Waals surface area contributed by atoms with Crippen LogP contribution >= 0.6 is 27.5 Å². The van der Waals surface area contributed by atoms with Gasteiger partial charge in [-0.05, 0) is 29.3 Å². The highest BCUT2D eigenvalue weighted by Crippen LogP contribution is 2.17. The van der Waals surface area contributed by atoms with E-state index in [0.717, 1.165) is 15.6 Å². The van der Waals surface area contributed by atoms with Gasteiger partial charge in [-0.3, -0.25) is 4.79 Å². The van der Waals surface area contributed by atoms with Crippen molar-refractivity contribution in [1.29, 1.82) is 0 Å². The number of rotatable bonds is 4. The molecule has 0 radical (unpaired) electrons. The predicted molar refractivity (Wildman–Crippen MR) is 78.0 cm³/mol. The van der Waals surface area contributed by atoms with Crippen LogP contribution in [0.2, 0.25) is 5.02 Å². The maximum Gasteiger partial charge on any atom is 0.141 e. The Labute approximate surface area is 120 Å². The summed E-state index contributed by atoms with van der Waals surface area (Å²) in [5.74, 6) is 0.198. The first-order valence-electron chi connectivity index (χ1n) is 5.65. The van der Waals surface area contributed by atoms with Crippen molar-refractivity contribution in [3.8, 4) is 0 Å². The fourth-order valence-electron chi connectivity index (χ4n) is 1.75. The average molecular weight is 324 g/mol. The van der Waals surface area contributed by atoms with Gasteiger partial charge in [0.05, 0.1) is 0 Å². The van der Waals surface area contributed by atoms with Crippen LogP contribution in [0.3, 0.4) is 0 Å². The van der Waals surface area contributed by atoms with E-state index >= 15 is 0 Å². The van der Waals surface area contributed by atoms with E-state index in [1.165, 1.54) is 0 Å². The molecule has 0 spiro atoms. The molecule has 0 aliphatic carbocycles. The van der Waals surface area contributed by atoms with Crippen molar-refractivity contribution < 1.29 is 4.79 Å². The van der Waals surface area contributed by atoms with Crippen LogP contribution in [0.15, 0.2) is 53.0 Å². The molecule has 1 nitrogen and oxygen atoms in total. The molecule has 2 aromatic rings. The summed E-state index contributed by atoms with van der Waals surface area (Å²) in [6.07, 6.45) is 0.891. The van der Waals surface area contributed by atoms with Gasteiger partial charge in [-0.15, -0.1) is 0 Å². The van der Waals surface area contributed by atoms with Crippen LogP contribution in [0.1, 0.15) is 11.1 Å². The second-order valence-electron chi connectivity index (χ2n) is 4.11. The summed E-state index contributed by atoms with van der Waals surface area (Å²) in [6, 6.07) is 15.2. The zero-order chi connectivity index (χ0) is 13.0. The van der Waals surface area contributed by atoms with Crippen LogP contribution in [0.4, 0.5) is 0 Å². The van der Waals surface area contributed by atoms with Crippen molar-refractivity contribution in [2.75, 3.05) is 0 Å². The van der Waals surface area contributed by atoms with Gasteiger partial charge < -0.3 is 0 Å². The van der Waals surface area contributed by atoms with Crippen molar-refractivity contribution in [2.24, 2.45) is 0 Å². The predicted octanol–water partition coefficient (Wildman–Crippen LogP) is 4.46. The summed E-state index contributed by atoms with van der Waals surface area (Å²) in [5.41, 5.74) is 2.02. The first-order chi connectivity index (χ1) is 8.65. The summed E-state index contributed by atoms with van der Waals surface area (Å²) >= 11 is 9.26. The summed E-state index contributed by atoms with van der Waals surface area (Å²) in [5, 5.41) is 0.692. The number of halogens is 2. The fraction of sp³-hybridized carbons (Fsp3) is 0.133. The molecule has 3 heteroatoms. The Morgan fingerprint density at radius 1 is 1.00 bits per heavy atom. The molecule has 2 aromatic carbocycles. The van der Waals surface area contributed by atoms with E-state index in [2.05, 4.69) is 15.9 Å². The summed E-state index contributed by atoms with van der Waals surface area (Å²) in [7, 11) is 0. The average Bonchev–Trinajstić information content (AvgIpc) is 2.35. The van der Waals surface area contributed by atoms with Crippen LogP contribution in [0.5, 0.6) is 0 Å². The second kappa shape index (κ2) is 6.17. The van der Waals surface area contributed by atoms with E-state index in [-0.39, 0.29) is 5.78 Å². The minimum Gasteiger partial charge on any atom is -0.299 e. The Balaban J connectivity index is 2.01. The minimum absolute atomic E-state index is 0.198. The molecule has 2 rings (SSSR count). The second-order valence-corrected chi connectivity index (χ2v) is 5.40. The Morgan fingerprint density at radius 2 is 1.67 bits per heavy atom. The minimum atomic E-state index is 0.198. The largest absolute Gasteiger partial charge is 0.299 e. The molecular formula is C15H12BrClO. The third-order valence-corrected chi connectivity index (χ3v) is 3.69. The molecule has 0 aliphatic heterocycles. The normalized spacial score (nSPS) is 10.3. The lowest BCUT2D eigenvalue weighted by molar-refractivity contribution is -0.117. The monoisotopic (exact) mass is 322 g/mol. The topological polar surface area (TPSA) is 17.1 Å². The van der Waals surface area contributed by atoms with Crippen LogP contribution in [0, 0.1) is 0 Å². The number of hydrogen-bond donors (Lipinski definition) is 0. The summed E-state index contributed by atoms with van der Waals surface area (Å²) in [4.78, 5) is 12.0. The van der Waals surface area contributed by atoms with Crippen molar-refractivity contribution in [2.45, 2.75) is 12.8 Å². The van der Waals surface area contributed by atoms with Gasteiger partial charge in [0, 0.05) is 22.3 Å². The van der Waals surface area contributed by atoms with Crippen LogP contribution in [0.25, 0.3) is 0 Å². The number of Topliss-reactive ketones (excluding diaryl/α,β-unsaturated/α-hetero) is 1. The van der Waals surface area contributed by atoms with Gasteiger partial charge in [0.15, 0.2) is 0 Å². The lowest BCUT2D eigenvalue weighted by atomic mass is 10.0. The number of benzene rings is 2. The number of ketones is 1. The van der Waals surface area contributed by atoms with E-state index in [9.17, 15) is 4.79 Å². The van der Waals surface area contributed by atoms with Crippen molar-refractivity contribution in [1.82, 2.24) is 0 Å². The highest BCUT2D eigenvalue weighted by molar-refractivity contribution is 9.10. The van der Waals surface area contributed by atoms with E-state index in [1.54, 1.807) is 0 Å². The van der Waals surface area contributed by atoms with Gasteiger partial charge in [0.1, 0.15) is 5.78 Å². The van der Waals surface area contributed by atoms with Crippen molar-refractivity contribution in [3.63, 3.8) is 0 Å². The lowest BCUT2D eigenvalue weighted by Gasteiger charge is -2.04. The molecule has 0 aromatic heterocycles. The first kappa shape index (κ1) is 13.3. The van der Waals surface area contributed by atoms with Crippen LogP contribution in [-0.2, 0) is 17.6 Å². The summed E-state index contributed by atoms with van der Waals surface area (Å²) in [6.45, 7) is 0. The Hall–Kier alpha value is -1.12. The molecule has 0 saturated carbocycles. The van der Waals surface area contributed by atoms with E-state index in [4.69, 9.17) is 11.6 Å². The van der Waals surface area contributed by atoms with Crippen LogP contribution in [-0.4, -0.2) is 5.78 Å². The quantitative estimate of drug-likeness (QED) is 0.812. The van der Waals surface area contributed by atoms with Crippen molar-refractivity contribution >= 4 is 33.3 Å². The molecule has 0 heterocycles. The SMILES string of the molecule is O=C(Cc1ccc(Cl)cc1)Cc1ccccc1Br. The van der Waals surface area contributed by atoms with E-state index in [0.29, 0.717) is 17.9 Å². The molecule has 18 heavy (non-hydrogen) atoms. The van der Waals surface area contributed by atoms with Crippen LogP contribution < -0.4 is 0 Å². The highest BCUT2D eigenvalue weighted by atomic mass is 79.9. The first-order valence-corrected chi connectivity index (χ1v) is 6.82. The molecule has 0 bridgehead atoms. The zero-order valence-electron chi connectivity index (χ0n) is 9.70. The Bertz CT molecular complexity index is 549. The van der Waals surface area contributed by atoms with Gasteiger partial charge >= 0.3 is 0 Å². The molecule has 0 unspecified atom stereocenters. The maximum atomic E-state index is 12.0. The standard InChI is InChI=1S/C15H12BrClO/c16-15-4-2-1-3-12(15)10-14(18)9-11-5-7-13(17)8-6-11/h1-8H,9-10H2. The summed E-state index contributed by atoms with van der Waals surface area (Å²) < 4.78 is 0.981.